The van der Waals surface area contributed by atoms with E-state index in [4.69, 9.17) is 0 Å². The lowest BCUT2D eigenvalue weighted by Crippen LogP contribution is -2.46. The summed E-state index contributed by atoms with van der Waals surface area (Å²) in [5, 5.41) is 25.1. The Balaban J connectivity index is 1.91. The standard InChI is InChI=1S/C19H19N3O5/c1-11-17(13-3-7-15(8-4-13)21(24)25)20-18(12(2)19(11)23)14-5-9-16(10-6-14)22(26)27/h3-12,17-18,20H,1-2H3. The third-order valence-corrected chi connectivity index (χ3v) is 5.18. The fourth-order valence-electron chi connectivity index (χ4n) is 3.60. The van der Waals surface area contributed by atoms with Crippen molar-refractivity contribution < 1.29 is 14.6 Å². The Morgan fingerprint density at radius 2 is 1.07 bits per heavy atom. The predicted molar refractivity (Wildman–Crippen MR) is 98.1 cm³/mol. The first-order valence-corrected chi connectivity index (χ1v) is 8.58. The van der Waals surface area contributed by atoms with Gasteiger partial charge in [0.2, 0.25) is 0 Å². The van der Waals surface area contributed by atoms with Crippen molar-refractivity contribution in [3.05, 3.63) is 79.9 Å². The normalized spacial score (nSPS) is 25.2. The van der Waals surface area contributed by atoms with Crippen LogP contribution < -0.4 is 5.32 Å². The molecule has 4 unspecified atom stereocenters. The monoisotopic (exact) mass is 369 g/mol. The maximum Gasteiger partial charge on any atom is 0.269 e. The van der Waals surface area contributed by atoms with E-state index in [2.05, 4.69) is 5.32 Å². The van der Waals surface area contributed by atoms with E-state index >= 15 is 0 Å². The second-order valence-electron chi connectivity index (χ2n) is 6.80. The van der Waals surface area contributed by atoms with Gasteiger partial charge >= 0.3 is 0 Å². The molecule has 0 spiro atoms. The molecule has 0 bridgehead atoms. The Labute approximate surface area is 155 Å². The van der Waals surface area contributed by atoms with E-state index in [-0.39, 0.29) is 41.1 Å². The van der Waals surface area contributed by atoms with Gasteiger partial charge in [-0.15, -0.1) is 0 Å². The summed E-state index contributed by atoms with van der Waals surface area (Å²) in [7, 11) is 0. The molecule has 27 heavy (non-hydrogen) atoms. The van der Waals surface area contributed by atoms with E-state index < -0.39 is 9.85 Å². The number of ketones is 1. The molecule has 140 valence electrons. The summed E-state index contributed by atoms with van der Waals surface area (Å²) >= 11 is 0. The number of non-ortho nitro benzene ring substituents is 2. The summed E-state index contributed by atoms with van der Waals surface area (Å²) in [6.07, 6.45) is 0. The number of nitrogens with one attached hydrogen (secondary N) is 1. The van der Waals surface area contributed by atoms with Gasteiger partial charge in [0.1, 0.15) is 5.78 Å². The highest BCUT2D eigenvalue weighted by molar-refractivity contribution is 5.85. The van der Waals surface area contributed by atoms with Crippen LogP contribution in [-0.4, -0.2) is 15.6 Å². The molecular formula is C19H19N3O5. The zero-order valence-electron chi connectivity index (χ0n) is 14.9. The average molecular weight is 369 g/mol. The number of nitro groups is 2. The van der Waals surface area contributed by atoms with Gasteiger partial charge in [0.15, 0.2) is 0 Å². The van der Waals surface area contributed by atoms with Crippen LogP contribution in [0.15, 0.2) is 48.5 Å². The second-order valence-corrected chi connectivity index (χ2v) is 6.80. The first-order chi connectivity index (χ1) is 12.8. The minimum Gasteiger partial charge on any atom is -0.302 e. The maximum atomic E-state index is 12.8. The van der Waals surface area contributed by atoms with Crippen molar-refractivity contribution in [3.8, 4) is 0 Å². The lowest BCUT2D eigenvalue weighted by Gasteiger charge is -2.39. The summed E-state index contributed by atoms with van der Waals surface area (Å²) in [6.45, 7) is 3.67. The summed E-state index contributed by atoms with van der Waals surface area (Å²) < 4.78 is 0. The molecule has 3 rings (SSSR count). The van der Waals surface area contributed by atoms with Crippen LogP contribution in [0.25, 0.3) is 0 Å². The molecule has 4 atom stereocenters. The van der Waals surface area contributed by atoms with E-state index in [1.807, 2.05) is 13.8 Å². The lowest BCUT2D eigenvalue weighted by atomic mass is 9.76. The Hall–Kier alpha value is -3.13. The Morgan fingerprint density at radius 1 is 0.741 bits per heavy atom. The molecule has 8 heteroatoms. The molecule has 1 saturated heterocycles. The Morgan fingerprint density at radius 3 is 1.37 bits per heavy atom. The maximum absolute atomic E-state index is 12.8. The third kappa shape index (κ3) is 3.56. The molecule has 0 aromatic heterocycles. The highest BCUT2D eigenvalue weighted by Gasteiger charge is 2.40. The molecule has 1 N–H and O–H groups in total. The van der Waals surface area contributed by atoms with Crippen molar-refractivity contribution in [3.63, 3.8) is 0 Å². The van der Waals surface area contributed by atoms with Crippen LogP contribution in [-0.2, 0) is 4.79 Å². The van der Waals surface area contributed by atoms with Gasteiger partial charge in [-0.05, 0) is 11.1 Å². The minimum absolute atomic E-state index is 0.00572. The van der Waals surface area contributed by atoms with E-state index in [0.717, 1.165) is 11.1 Å². The molecule has 0 saturated carbocycles. The fourth-order valence-corrected chi connectivity index (χ4v) is 3.60. The van der Waals surface area contributed by atoms with Crippen LogP contribution in [0, 0.1) is 32.1 Å². The van der Waals surface area contributed by atoms with E-state index in [1.54, 1.807) is 24.3 Å². The molecule has 8 nitrogen and oxygen atoms in total. The summed E-state index contributed by atoms with van der Waals surface area (Å²) in [6, 6.07) is 11.7. The number of rotatable bonds is 4. The van der Waals surface area contributed by atoms with E-state index in [0.29, 0.717) is 0 Å². The lowest BCUT2D eigenvalue weighted by molar-refractivity contribution is -0.385. The molecular weight excluding hydrogens is 350 g/mol. The van der Waals surface area contributed by atoms with Crippen molar-refractivity contribution in [2.24, 2.45) is 11.8 Å². The molecule has 2 aromatic rings. The number of carbonyl (C=O) groups is 1. The fraction of sp³-hybridized carbons (Fsp3) is 0.316. The van der Waals surface area contributed by atoms with Crippen LogP contribution in [0.1, 0.15) is 37.1 Å². The van der Waals surface area contributed by atoms with Gasteiger partial charge in [-0.2, -0.15) is 0 Å². The number of benzene rings is 2. The Bertz CT molecular complexity index is 808. The second kappa shape index (κ2) is 7.24. The number of hydrogen-bond donors (Lipinski definition) is 1. The first-order valence-electron chi connectivity index (χ1n) is 8.58. The summed E-state index contributed by atoms with van der Waals surface area (Å²) in [5.41, 5.74) is 1.57. The first kappa shape index (κ1) is 18.7. The third-order valence-electron chi connectivity index (χ3n) is 5.18. The van der Waals surface area contributed by atoms with Gasteiger partial charge in [-0.3, -0.25) is 25.0 Å². The number of Topliss-reactive ketones (excluding diaryl/α,β-unsaturated/α-hetero) is 1. The molecule has 2 aromatic carbocycles. The molecule has 0 aliphatic carbocycles. The van der Waals surface area contributed by atoms with Gasteiger partial charge in [0.05, 0.1) is 9.85 Å². The predicted octanol–water partition coefficient (Wildman–Crippen LogP) is 3.73. The van der Waals surface area contributed by atoms with Gasteiger partial charge in [-0.1, -0.05) is 38.1 Å². The highest BCUT2D eigenvalue weighted by atomic mass is 16.6. The van der Waals surface area contributed by atoms with E-state index in [9.17, 15) is 25.0 Å². The molecule has 1 aliphatic rings. The summed E-state index contributed by atoms with van der Waals surface area (Å²) in [4.78, 5) is 33.6. The van der Waals surface area contributed by atoms with Crippen LogP contribution in [0.5, 0.6) is 0 Å². The number of nitrogens with zero attached hydrogens (tertiary/aromatic N) is 2. The Kier molecular flexibility index (Phi) is 5.00. The van der Waals surface area contributed by atoms with Crippen LogP contribution >= 0.6 is 0 Å². The number of hydrogen-bond acceptors (Lipinski definition) is 6. The van der Waals surface area contributed by atoms with Gasteiger partial charge < -0.3 is 5.32 Å². The molecule has 0 radical (unpaired) electrons. The van der Waals surface area contributed by atoms with Crippen molar-refractivity contribution in [1.29, 1.82) is 0 Å². The van der Waals surface area contributed by atoms with Crippen LogP contribution in [0.4, 0.5) is 11.4 Å². The zero-order chi connectivity index (χ0) is 19.7. The molecule has 1 fully saturated rings. The average Bonchev–Trinajstić information content (AvgIpc) is 2.66. The van der Waals surface area contributed by atoms with Crippen molar-refractivity contribution >= 4 is 17.2 Å². The number of carbonyl (C=O) groups excluding carboxylic acids is 1. The molecule has 1 heterocycles. The largest absolute Gasteiger partial charge is 0.302 e. The molecule has 0 amide bonds. The SMILES string of the molecule is CC1C(=O)C(C)C(c2ccc([N+](=O)[O-])cc2)NC1c1ccc([N+](=O)[O-])cc1. The molecule has 1 aliphatic heterocycles. The van der Waals surface area contributed by atoms with Gasteiger partial charge in [0, 0.05) is 48.2 Å². The van der Waals surface area contributed by atoms with Crippen molar-refractivity contribution in [2.45, 2.75) is 25.9 Å². The smallest absolute Gasteiger partial charge is 0.269 e. The van der Waals surface area contributed by atoms with Crippen molar-refractivity contribution in [2.75, 3.05) is 0 Å². The van der Waals surface area contributed by atoms with Gasteiger partial charge in [-0.25, -0.2) is 0 Å². The van der Waals surface area contributed by atoms with Crippen LogP contribution in [0.3, 0.4) is 0 Å². The van der Waals surface area contributed by atoms with Crippen LogP contribution in [0.2, 0.25) is 0 Å². The number of nitro benzene ring substituents is 2. The number of piperidine rings is 1. The summed E-state index contributed by atoms with van der Waals surface area (Å²) in [5.74, 6) is -0.507. The van der Waals surface area contributed by atoms with E-state index in [1.165, 1.54) is 24.3 Å². The minimum atomic E-state index is -0.464. The quantitative estimate of drug-likeness (QED) is 0.648. The zero-order valence-corrected chi connectivity index (χ0v) is 14.9. The van der Waals surface area contributed by atoms with Crippen molar-refractivity contribution in [1.82, 2.24) is 5.32 Å². The highest BCUT2D eigenvalue weighted by Crippen LogP contribution is 2.38. The topological polar surface area (TPSA) is 115 Å². The van der Waals surface area contributed by atoms with Gasteiger partial charge in [0.25, 0.3) is 11.4 Å².